The normalized spacial score (nSPS) is 12.0. The number of rotatable bonds is 9. The average Bonchev–Trinajstić information content (AvgIpc) is 3.19. The lowest BCUT2D eigenvalue weighted by molar-refractivity contribution is 0.403. The van der Waals surface area contributed by atoms with Crippen LogP contribution in [-0.4, -0.2) is 16.6 Å². The molecule has 0 atom stereocenters. The summed E-state index contributed by atoms with van der Waals surface area (Å²) in [6, 6.07) is 25.8. The molecule has 0 saturated carbocycles. The fraction of sp³-hybridized carbons (Fsp3) is 0.321. The van der Waals surface area contributed by atoms with E-state index >= 15 is 0 Å². The molecule has 170 valence electrons. The fourth-order valence-electron chi connectivity index (χ4n) is 4.31. The van der Waals surface area contributed by atoms with Crippen LogP contribution in [0, 0.1) is 0 Å². The number of imidazole rings is 1. The molecule has 0 bridgehead atoms. The Balaban J connectivity index is 1.64. The first-order valence-electron chi connectivity index (χ1n) is 11.7. The van der Waals surface area contributed by atoms with Crippen LogP contribution in [0.25, 0.3) is 22.2 Å². The Labute approximate surface area is 196 Å². The highest BCUT2D eigenvalue weighted by atomic mass is 15.4. The van der Waals surface area contributed by atoms with Gasteiger partial charge in [-0.25, -0.2) is 4.98 Å². The van der Waals surface area contributed by atoms with Crippen LogP contribution in [0.4, 0.5) is 0 Å². The maximum absolute atomic E-state index is 4.91. The molecule has 0 aliphatic carbocycles. The molecule has 0 aliphatic heterocycles. The minimum absolute atomic E-state index is 0.335. The Kier molecular flexibility index (Phi) is 6.87. The van der Waals surface area contributed by atoms with Crippen molar-refractivity contribution in [2.45, 2.75) is 52.1 Å². The zero-order valence-corrected chi connectivity index (χ0v) is 20.0. The third kappa shape index (κ3) is 4.98. The van der Waals surface area contributed by atoms with Crippen molar-refractivity contribution >= 4 is 11.0 Å². The molecule has 0 unspecified atom stereocenters. The minimum Gasteiger partial charge on any atom is -0.323 e. The maximum Gasteiger partial charge on any atom is 0.110 e. The summed E-state index contributed by atoms with van der Waals surface area (Å²) in [6.07, 6.45) is 3.33. The van der Waals surface area contributed by atoms with Gasteiger partial charge in [0.2, 0.25) is 0 Å². The summed E-state index contributed by atoms with van der Waals surface area (Å²) in [7, 11) is 1.67. The standard InChI is InChI=1S/C28H33N5/c1-5-6-15-27-30-25-13-9-10-14-26(25)33(27)20-21-16-18-22(19-17-21)23-11-7-8-12-24(23)28(2,3)31-32-29-4/h7-14,16-19H,5-6,15,20H2,1-4H3,(H,29,31). The molecule has 3 aromatic carbocycles. The van der Waals surface area contributed by atoms with Crippen molar-refractivity contribution < 1.29 is 0 Å². The number of fused-ring (bicyclic) bond motifs is 1. The van der Waals surface area contributed by atoms with Gasteiger partial charge in [0.1, 0.15) is 5.82 Å². The molecule has 0 fully saturated rings. The summed E-state index contributed by atoms with van der Waals surface area (Å²) in [6.45, 7) is 7.30. The van der Waals surface area contributed by atoms with Gasteiger partial charge in [0.25, 0.3) is 0 Å². The zero-order valence-electron chi connectivity index (χ0n) is 20.0. The third-order valence-electron chi connectivity index (χ3n) is 6.12. The number of para-hydroxylation sites is 2. The molecule has 0 saturated heterocycles. The number of unbranched alkanes of at least 4 members (excludes halogenated alkanes) is 1. The summed E-state index contributed by atoms with van der Waals surface area (Å²) in [4.78, 5) is 4.91. The Bertz CT molecular complexity index is 1230. The molecule has 0 aliphatic rings. The van der Waals surface area contributed by atoms with Crippen LogP contribution in [0.2, 0.25) is 0 Å². The van der Waals surface area contributed by atoms with E-state index in [9.17, 15) is 0 Å². The number of benzene rings is 3. The number of aryl methyl sites for hydroxylation is 1. The van der Waals surface area contributed by atoms with E-state index < -0.39 is 0 Å². The Hall–Kier alpha value is -3.47. The van der Waals surface area contributed by atoms with Crippen LogP contribution < -0.4 is 5.43 Å². The van der Waals surface area contributed by atoms with Crippen molar-refractivity contribution in [2.24, 2.45) is 10.3 Å². The highest BCUT2D eigenvalue weighted by Crippen LogP contribution is 2.32. The van der Waals surface area contributed by atoms with Crippen LogP contribution >= 0.6 is 0 Å². The molecule has 5 nitrogen and oxygen atoms in total. The van der Waals surface area contributed by atoms with Gasteiger partial charge in [-0.05, 0) is 54.7 Å². The van der Waals surface area contributed by atoms with Gasteiger partial charge in [0.15, 0.2) is 0 Å². The lowest BCUT2D eigenvalue weighted by Crippen LogP contribution is -2.32. The minimum atomic E-state index is -0.335. The van der Waals surface area contributed by atoms with E-state index in [1.165, 1.54) is 40.0 Å². The maximum atomic E-state index is 4.91. The summed E-state index contributed by atoms with van der Waals surface area (Å²) in [5.74, 6) is 1.17. The van der Waals surface area contributed by atoms with Crippen molar-refractivity contribution in [3.63, 3.8) is 0 Å². The molecule has 0 amide bonds. The molecule has 0 radical (unpaired) electrons. The predicted octanol–water partition coefficient (Wildman–Crippen LogP) is 6.92. The highest BCUT2D eigenvalue weighted by molar-refractivity contribution is 5.76. The van der Waals surface area contributed by atoms with E-state index in [2.05, 4.69) is 114 Å². The second kappa shape index (κ2) is 9.99. The number of hydrogen-bond acceptors (Lipinski definition) is 3. The number of aromatic nitrogens is 2. The molecule has 4 rings (SSSR count). The number of hydrogen-bond donors (Lipinski definition) is 1. The molecule has 0 spiro atoms. The van der Waals surface area contributed by atoms with Crippen molar-refractivity contribution in [1.82, 2.24) is 15.0 Å². The number of nitrogens with one attached hydrogen (secondary N) is 1. The largest absolute Gasteiger partial charge is 0.323 e. The molecular weight excluding hydrogens is 406 g/mol. The molecule has 4 aromatic rings. The first kappa shape index (κ1) is 22.7. The number of nitrogens with zero attached hydrogens (tertiary/aromatic N) is 4. The quantitative estimate of drug-likeness (QED) is 0.227. The van der Waals surface area contributed by atoms with Gasteiger partial charge in [-0.15, -0.1) is 0 Å². The molecule has 33 heavy (non-hydrogen) atoms. The molecule has 1 aromatic heterocycles. The summed E-state index contributed by atoms with van der Waals surface area (Å²) in [5.41, 5.74) is 9.96. The first-order valence-corrected chi connectivity index (χ1v) is 11.7. The highest BCUT2D eigenvalue weighted by Gasteiger charge is 2.23. The monoisotopic (exact) mass is 439 g/mol. The summed E-state index contributed by atoms with van der Waals surface area (Å²) < 4.78 is 2.37. The smallest absolute Gasteiger partial charge is 0.110 e. The van der Waals surface area contributed by atoms with E-state index in [0.717, 1.165) is 24.9 Å². The van der Waals surface area contributed by atoms with Gasteiger partial charge in [0, 0.05) is 13.0 Å². The van der Waals surface area contributed by atoms with E-state index in [1.54, 1.807) is 7.05 Å². The fourth-order valence-corrected chi connectivity index (χ4v) is 4.31. The van der Waals surface area contributed by atoms with Gasteiger partial charge in [0.05, 0.1) is 23.6 Å². The SMILES string of the molecule is CCCCc1nc2ccccc2n1Cc1ccc(-c2ccccc2C(C)(C)NN=NC)cc1. The summed E-state index contributed by atoms with van der Waals surface area (Å²) in [5, 5.41) is 7.88. The van der Waals surface area contributed by atoms with Crippen molar-refractivity contribution in [3.8, 4) is 11.1 Å². The van der Waals surface area contributed by atoms with Crippen molar-refractivity contribution in [3.05, 3.63) is 89.7 Å². The average molecular weight is 440 g/mol. The first-order chi connectivity index (χ1) is 16.0. The lowest BCUT2D eigenvalue weighted by atomic mass is 9.87. The van der Waals surface area contributed by atoms with E-state index in [0.29, 0.717) is 0 Å². The van der Waals surface area contributed by atoms with Crippen LogP contribution in [0.3, 0.4) is 0 Å². The van der Waals surface area contributed by atoms with Gasteiger partial charge in [-0.1, -0.05) is 79.2 Å². The van der Waals surface area contributed by atoms with Crippen LogP contribution in [0.5, 0.6) is 0 Å². The van der Waals surface area contributed by atoms with Crippen LogP contribution in [0.1, 0.15) is 50.6 Å². The van der Waals surface area contributed by atoms with Crippen LogP contribution in [0.15, 0.2) is 83.1 Å². The lowest BCUT2D eigenvalue weighted by Gasteiger charge is -2.27. The van der Waals surface area contributed by atoms with Crippen molar-refractivity contribution in [2.75, 3.05) is 7.05 Å². The van der Waals surface area contributed by atoms with Gasteiger partial charge in [-0.2, -0.15) is 5.11 Å². The Morgan fingerprint density at radius 2 is 1.67 bits per heavy atom. The van der Waals surface area contributed by atoms with Gasteiger partial charge >= 0.3 is 0 Å². The van der Waals surface area contributed by atoms with E-state index in [1.807, 2.05) is 0 Å². The van der Waals surface area contributed by atoms with Gasteiger partial charge in [-0.3, -0.25) is 5.43 Å². The second-order valence-electron chi connectivity index (χ2n) is 8.99. The van der Waals surface area contributed by atoms with Crippen LogP contribution in [-0.2, 0) is 18.5 Å². The van der Waals surface area contributed by atoms with Crippen molar-refractivity contribution in [1.29, 1.82) is 0 Å². The molecular formula is C28H33N5. The molecule has 1 heterocycles. The van der Waals surface area contributed by atoms with E-state index in [-0.39, 0.29) is 5.54 Å². The molecule has 5 heteroatoms. The topological polar surface area (TPSA) is 54.6 Å². The Morgan fingerprint density at radius 3 is 2.42 bits per heavy atom. The predicted molar refractivity (Wildman–Crippen MR) is 136 cm³/mol. The second-order valence-corrected chi connectivity index (χ2v) is 8.99. The Morgan fingerprint density at radius 1 is 0.939 bits per heavy atom. The van der Waals surface area contributed by atoms with Gasteiger partial charge < -0.3 is 4.57 Å². The zero-order chi connectivity index (χ0) is 23.3. The third-order valence-corrected chi connectivity index (χ3v) is 6.12. The molecule has 1 N–H and O–H groups in total. The van der Waals surface area contributed by atoms with E-state index in [4.69, 9.17) is 4.98 Å². The summed E-state index contributed by atoms with van der Waals surface area (Å²) >= 11 is 0.